The summed E-state index contributed by atoms with van der Waals surface area (Å²) in [5.41, 5.74) is 1.18. The number of benzene rings is 3. The molecule has 1 saturated carbocycles. The molecule has 42 heavy (non-hydrogen) atoms. The Kier molecular flexibility index (Phi) is 8.99. The molecule has 5 rings (SSSR count). The van der Waals surface area contributed by atoms with E-state index in [1.165, 1.54) is 0 Å². The van der Waals surface area contributed by atoms with Crippen LogP contribution in [-0.2, 0) is 25.4 Å². The molecule has 1 heterocycles. The van der Waals surface area contributed by atoms with Gasteiger partial charge in [-0.05, 0) is 66.1 Å². The highest BCUT2D eigenvalue weighted by Crippen LogP contribution is 2.54. The highest BCUT2D eigenvalue weighted by molar-refractivity contribution is 7.88. The molecule has 2 aliphatic rings. The van der Waals surface area contributed by atoms with E-state index in [1.807, 2.05) is 36.4 Å². The number of nitrogens with one attached hydrogen (secondary N) is 1. The van der Waals surface area contributed by atoms with Gasteiger partial charge in [-0.1, -0.05) is 84.7 Å². The number of carbonyl (C=O) groups excluding carboxylic acids is 1. The largest absolute Gasteiger partial charge is 0.481 e. The number of piperidine rings is 1. The zero-order valence-electron chi connectivity index (χ0n) is 23.2. The zero-order valence-corrected chi connectivity index (χ0v) is 25.6. The number of nitrogens with zero attached hydrogens (tertiary/aromatic N) is 1. The van der Waals surface area contributed by atoms with E-state index in [1.54, 1.807) is 54.3 Å². The summed E-state index contributed by atoms with van der Waals surface area (Å²) in [6.45, 7) is 1.73. The lowest BCUT2D eigenvalue weighted by molar-refractivity contribution is -0.161. The molecule has 10 heteroatoms. The number of amides is 1. The SMILES string of the molecule is C[C@@]1(CC(=O)O)C[C@H](c2cccc(Cl)c2)[C@@H](c2ccc(Cl)cc2)N([C@H](CNS(=O)(=O)Cc2ccccc2)C2CC2)C1=O. The van der Waals surface area contributed by atoms with Crippen LogP contribution in [0.15, 0.2) is 78.9 Å². The van der Waals surface area contributed by atoms with Crippen molar-refractivity contribution in [3.63, 3.8) is 0 Å². The van der Waals surface area contributed by atoms with Crippen molar-refractivity contribution in [2.45, 2.75) is 56.4 Å². The van der Waals surface area contributed by atoms with E-state index in [0.717, 1.165) is 24.0 Å². The lowest BCUT2D eigenvalue weighted by atomic mass is 9.67. The fourth-order valence-electron chi connectivity index (χ4n) is 6.28. The number of halogens is 2. The quantitative estimate of drug-likeness (QED) is 0.255. The fraction of sp³-hybridized carbons (Fsp3) is 0.375. The van der Waals surface area contributed by atoms with Gasteiger partial charge in [-0.2, -0.15) is 0 Å². The first-order valence-electron chi connectivity index (χ1n) is 14.0. The van der Waals surface area contributed by atoms with Gasteiger partial charge in [0.25, 0.3) is 0 Å². The van der Waals surface area contributed by atoms with Crippen LogP contribution in [0.3, 0.4) is 0 Å². The van der Waals surface area contributed by atoms with Crippen LogP contribution in [0, 0.1) is 11.3 Å². The van der Waals surface area contributed by atoms with Crippen molar-refractivity contribution in [1.82, 2.24) is 9.62 Å². The third-order valence-electron chi connectivity index (χ3n) is 8.37. The first kappa shape index (κ1) is 30.5. The van der Waals surface area contributed by atoms with Gasteiger partial charge in [0, 0.05) is 28.5 Å². The van der Waals surface area contributed by atoms with Crippen molar-refractivity contribution in [2.24, 2.45) is 11.3 Å². The Balaban J connectivity index is 1.58. The maximum atomic E-state index is 14.5. The Labute approximate surface area is 256 Å². The van der Waals surface area contributed by atoms with Gasteiger partial charge in [0.05, 0.1) is 23.6 Å². The van der Waals surface area contributed by atoms with E-state index in [2.05, 4.69) is 4.72 Å². The predicted octanol–water partition coefficient (Wildman–Crippen LogP) is 6.43. The van der Waals surface area contributed by atoms with Gasteiger partial charge < -0.3 is 10.0 Å². The van der Waals surface area contributed by atoms with Crippen LogP contribution in [-0.4, -0.2) is 42.9 Å². The van der Waals surface area contributed by atoms with Crippen molar-refractivity contribution in [3.8, 4) is 0 Å². The van der Waals surface area contributed by atoms with Gasteiger partial charge in [0.15, 0.2) is 0 Å². The van der Waals surface area contributed by atoms with Crippen molar-refractivity contribution in [3.05, 3.63) is 106 Å². The molecule has 1 aliphatic heterocycles. The van der Waals surface area contributed by atoms with E-state index in [0.29, 0.717) is 22.0 Å². The molecule has 3 aromatic rings. The number of sulfonamides is 1. The van der Waals surface area contributed by atoms with E-state index in [9.17, 15) is 23.1 Å². The van der Waals surface area contributed by atoms with Gasteiger partial charge in [-0.25, -0.2) is 13.1 Å². The zero-order chi connectivity index (χ0) is 30.1. The molecule has 0 unspecified atom stereocenters. The molecule has 2 N–H and O–H groups in total. The molecule has 3 aromatic carbocycles. The van der Waals surface area contributed by atoms with Gasteiger partial charge in [0.2, 0.25) is 15.9 Å². The minimum atomic E-state index is -3.72. The van der Waals surface area contributed by atoms with Crippen molar-refractivity contribution in [1.29, 1.82) is 0 Å². The maximum Gasteiger partial charge on any atom is 0.304 e. The second kappa shape index (κ2) is 12.4. The van der Waals surface area contributed by atoms with Crippen LogP contribution in [0.5, 0.6) is 0 Å². The molecule has 2 fully saturated rings. The van der Waals surface area contributed by atoms with Crippen LogP contribution >= 0.6 is 23.2 Å². The molecule has 0 radical (unpaired) electrons. The Hall–Kier alpha value is -2.91. The van der Waals surface area contributed by atoms with Crippen molar-refractivity contribution < 1.29 is 23.1 Å². The standard InChI is InChI=1S/C32H34Cl2N2O5S/c1-32(18-29(37)38)17-27(24-8-5-9-26(34)16-24)30(23-12-14-25(33)15-13-23)36(31(32)39)28(22-10-11-22)19-35-42(40,41)20-21-6-3-2-4-7-21/h2-9,12-16,22,27-28,30,35H,10-11,17-20H2,1H3,(H,37,38)/t27-,28-,30-,32+/m1/s1. The lowest BCUT2D eigenvalue weighted by Gasteiger charge is -2.52. The summed E-state index contributed by atoms with van der Waals surface area (Å²) in [7, 11) is -3.72. The smallest absolute Gasteiger partial charge is 0.304 e. The molecule has 1 saturated heterocycles. The summed E-state index contributed by atoms with van der Waals surface area (Å²) >= 11 is 12.7. The summed E-state index contributed by atoms with van der Waals surface area (Å²) in [4.78, 5) is 28.3. The lowest BCUT2D eigenvalue weighted by Crippen LogP contribution is -2.59. The second-order valence-corrected chi connectivity index (χ2v) is 14.4. The van der Waals surface area contributed by atoms with E-state index >= 15 is 0 Å². The Morgan fingerprint density at radius 3 is 2.31 bits per heavy atom. The topological polar surface area (TPSA) is 104 Å². The van der Waals surface area contributed by atoms with Crippen LogP contribution in [0.25, 0.3) is 0 Å². The Morgan fingerprint density at radius 2 is 1.69 bits per heavy atom. The van der Waals surface area contributed by atoms with E-state index in [-0.39, 0.29) is 36.5 Å². The first-order valence-corrected chi connectivity index (χ1v) is 16.4. The minimum absolute atomic E-state index is 0.0288. The Bertz CT molecular complexity index is 1550. The number of aliphatic carboxylic acids is 1. The summed E-state index contributed by atoms with van der Waals surface area (Å²) in [5, 5.41) is 11.0. The van der Waals surface area contributed by atoms with Crippen LogP contribution < -0.4 is 4.72 Å². The highest BCUT2D eigenvalue weighted by Gasteiger charge is 2.54. The van der Waals surface area contributed by atoms with E-state index < -0.39 is 33.5 Å². The predicted molar refractivity (Wildman–Crippen MR) is 164 cm³/mol. The second-order valence-electron chi connectivity index (χ2n) is 11.7. The van der Waals surface area contributed by atoms with Crippen LogP contribution in [0.1, 0.15) is 61.3 Å². The molecule has 7 nitrogen and oxygen atoms in total. The van der Waals surface area contributed by atoms with E-state index in [4.69, 9.17) is 23.2 Å². The molecule has 0 spiro atoms. The molecule has 0 bridgehead atoms. The normalized spacial score (nSPS) is 23.5. The molecule has 0 aromatic heterocycles. The fourth-order valence-corrected chi connectivity index (χ4v) is 7.76. The van der Waals surface area contributed by atoms with Crippen LogP contribution in [0.2, 0.25) is 10.0 Å². The summed E-state index contributed by atoms with van der Waals surface area (Å²) in [5.74, 6) is -1.75. The summed E-state index contributed by atoms with van der Waals surface area (Å²) in [6, 6.07) is 22.7. The molecule has 222 valence electrons. The van der Waals surface area contributed by atoms with Crippen molar-refractivity contribution in [2.75, 3.05) is 6.54 Å². The number of carboxylic acids is 1. The summed E-state index contributed by atoms with van der Waals surface area (Å²) < 4.78 is 29.1. The number of carbonyl (C=O) groups is 2. The molecular formula is C32H34Cl2N2O5S. The van der Waals surface area contributed by atoms with Crippen LogP contribution in [0.4, 0.5) is 0 Å². The van der Waals surface area contributed by atoms with Gasteiger partial charge in [0.1, 0.15) is 0 Å². The average Bonchev–Trinajstić information content (AvgIpc) is 3.77. The number of rotatable bonds is 11. The maximum absolute atomic E-state index is 14.5. The third kappa shape index (κ3) is 7.00. The first-order chi connectivity index (χ1) is 20.0. The molecule has 1 amide bonds. The Morgan fingerprint density at radius 1 is 1.00 bits per heavy atom. The highest BCUT2D eigenvalue weighted by atomic mass is 35.5. The third-order valence-corrected chi connectivity index (χ3v) is 10.2. The minimum Gasteiger partial charge on any atom is -0.481 e. The monoisotopic (exact) mass is 628 g/mol. The van der Waals surface area contributed by atoms with Crippen molar-refractivity contribution >= 4 is 45.1 Å². The van der Waals surface area contributed by atoms with Gasteiger partial charge in [-0.3, -0.25) is 9.59 Å². The number of hydrogen-bond donors (Lipinski definition) is 2. The van der Waals surface area contributed by atoms with Gasteiger partial charge >= 0.3 is 5.97 Å². The number of hydrogen-bond acceptors (Lipinski definition) is 4. The summed E-state index contributed by atoms with van der Waals surface area (Å²) in [6.07, 6.45) is 1.64. The molecule has 1 aliphatic carbocycles. The average molecular weight is 630 g/mol. The van der Waals surface area contributed by atoms with Gasteiger partial charge in [-0.15, -0.1) is 0 Å². The molecule has 4 atom stereocenters. The number of likely N-dealkylation sites (tertiary alicyclic amines) is 1. The molecular weight excluding hydrogens is 595 g/mol. The number of carboxylic acid groups (broad SMARTS) is 1.